The first-order valence-electron chi connectivity index (χ1n) is 7.12. The molecule has 2 fully saturated rings. The fourth-order valence-corrected chi connectivity index (χ4v) is 4.48. The van der Waals surface area contributed by atoms with Crippen molar-refractivity contribution in [2.75, 3.05) is 6.54 Å². The molecule has 94 valence electrons. The summed E-state index contributed by atoms with van der Waals surface area (Å²) in [7, 11) is 0. The number of aryl methyl sites for hydroxylation is 1. The predicted molar refractivity (Wildman–Crippen MR) is 70.7 cm³/mol. The Labute approximate surface area is 108 Å². The fourth-order valence-electron chi connectivity index (χ4n) is 4.48. The molecule has 0 saturated carbocycles. The van der Waals surface area contributed by atoms with Gasteiger partial charge < -0.3 is 0 Å². The highest BCUT2D eigenvalue weighted by atomic mass is 16.1. The van der Waals surface area contributed by atoms with E-state index in [4.69, 9.17) is 0 Å². The molecule has 18 heavy (non-hydrogen) atoms. The van der Waals surface area contributed by atoms with Crippen LogP contribution in [0.1, 0.15) is 42.1 Å². The standard InChI is InChI=1S/C16H19NO/c1-11-14-16(8-4-10-17(11)14)9-7-12-5-2-3-6-13(12)15(16)18/h2-3,5-6,11,14H,4,7-10H2,1H3/t11?,14?,16-,17?/m0/s1. The maximum absolute atomic E-state index is 12.9. The zero-order chi connectivity index (χ0) is 12.3. The van der Waals surface area contributed by atoms with Gasteiger partial charge in [0.2, 0.25) is 0 Å². The van der Waals surface area contributed by atoms with Gasteiger partial charge in [-0.05, 0) is 44.7 Å². The first-order chi connectivity index (χ1) is 8.74. The van der Waals surface area contributed by atoms with Crippen molar-refractivity contribution in [2.45, 2.75) is 44.7 Å². The minimum Gasteiger partial charge on any atom is -0.294 e. The number of rotatable bonds is 0. The average Bonchev–Trinajstić information content (AvgIpc) is 3.07. The molecule has 0 bridgehead atoms. The molecule has 4 atom stereocenters. The SMILES string of the molecule is CC1C2N1CCC[C@]21CCc2ccccc2C1=O. The summed E-state index contributed by atoms with van der Waals surface area (Å²) in [6.45, 7) is 3.48. The second-order valence-electron chi connectivity index (χ2n) is 6.17. The number of piperidine rings is 1. The van der Waals surface area contributed by atoms with Crippen molar-refractivity contribution in [1.29, 1.82) is 0 Å². The molecular weight excluding hydrogens is 222 g/mol. The monoisotopic (exact) mass is 241 g/mol. The van der Waals surface area contributed by atoms with Gasteiger partial charge in [-0.3, -0.25) is 9.69 Å². The summed E-state index contributed by atoms with van der Waals surface area (Å²) < 4.78 is 0. The Balaban J connectivity index is 1.78. The number of fused-ring (bicyclic) bond motifs is 3. The van der Waals surface area contributed by atoms with Gasteiger partial charge in [-0.15, -0.1) is 0 Å². The number of nitrogens with zero attached hydrogens (tertiary/aromatic N) is 1. The second kappa shape index (κ2) is 3.45. The zero-order valence-electron chi connectivity index (χ0n) is 10.9. The first kappa shape index (κ1) is 10.7. The summed E-state index contributed by atoms with van der Waals surface area (Å²) in [4.78, 5) is 15.5. The lowest BCUT2D eigenvalue weighted by Crippen LogP contribution is -2.45. The highest BCUT2D eigenvalue weighted by Gasteiger charge is 2.62. The van der Waals surface area contributed by atoms with Crippen molar-refractivity contribution in [2.24, 2.45) is 5.41 Å². The van der Waals surface area contributed by atoms with Gasteiger partial charge in [-0.25, -0.2) is 0 Å². The number of Topliss-reactive ketones (excluding diaryl/α,β-unsaturated/α-hetero) is 1. The van der Waals surface area contributed by atoms with Crippen LogP contribution in [0.25, 0.3) is 0 Å². The lowest BCUT2D eigenvalue weighted by atomic mass is 9.64. The molecule has 2 saturated heterocycles. The van der Waals surface area contributed by atoms with E-state index in [2.05, 4.69) is 24.0 Å². The van der Waals surface area contributed by atoms with E-state index >= 15 is 0 Å². The summed E-state index contributed by atoms with van der Waals surface area (Å²) in [6, 6.07) is 9.37. The largest absolute Gasteiger partial charge is 0.294 e. The third kappa shape index (κ3) is 1.19. The Morgan fingerprint density at radius 3 is 3.00 bits per heavy atom. The van der Waals surface area contributed by atoms with Crippen LogP contribution in [0.2, 0.25) is 0 Å². The van der Waals surface area contributed by atoms with Crippen molar-refractivity contribution in [3.05, 3.63) is 35.4 Å². The van der Waals surface area contributed by atoms with Gasteiger partial charge in [0, 0.05) is 17.6 Å². The van der Waals surface area contributed by atoms with Gasteiger partial charge in [0.15, 0.2) is 5.78 Å². The van der Waals surface area contributed by atoms with Crippen LogP contribution in [0.5, 0.6) is 0 Å². The number of ketones is 1. The van der Waals surface area contributed by atoms with E-state index in [1.165, 1.54) is 18.5 Å². The highest BCUT2D eigenvalue weighted by Crippen LogP contribution is 2.54. The van der Waals surface area contributed by atoms with E-state index in [1.807, 2.05) is 12.1 Å². The van der Waals surface area contributed by atoms with Crippen LogP contribution in [0.3, 0.4) is 0 Å². The molecule has 3 aliphatic rings. The van der Waals surface area contributed by atoms with E-state index in [0.717, 1.165) is 24.8 Å². The molecular formula is C16H19NO. The molecule has 2 heterocycles. The molecule has 2 aliphatic heterocycles. The summed E-state index contributed by atoms with van der Waals surface area (Å²) >= 11 is 0. The van der Waals surface area contributed by atoms with E-state index in [0.29, 0.717) is 17.9 Å². The van der Waals surface area contributed by atoms with Gasteiger partial charge in [0.1, 0.15) is 0 Å². The number of carbonyl (C=O) groups is 1. The average molecular weight is 241 g/mol. The molecule has 0 amide bonds. The van der Waals surface area contributed by atoms with E-state index in [9.17, 15) is 4.79 Å². The van der Waals surface area contributed by atoms with Crippen LogP contribution < -0.4 is 0 Å². The van der Waals surface area contributed by atoms with Crippen LogP contribution in [-0.4, -0.2) is 29.3 Å². The Bertz CT molecular complexity index is 524. The first-order valence-corrected chi connectivity index (χ1v) is 7.12. The summed E-state index contributed by atoms with van der Waals surface area (Å²) in [5.74, 6) is 0.434. The molecule has 1 aliphatic carbocycles. The van der Waals surface area contributed by atoms with E-state index in [1.54, 1.807) is 0 Å². The van der Waals surface area contributed by atoms with Crippen molar-refractivity contribution < 1.29 is 4.79 Å². The summed E-state index contributed by atoms with van der Waals surface area (Å²) in [5.41, 5.74) is 2.22. The maximum atomic E-state index is 12.9. The van der Waals surface area contributed by atoms with Crippen molar-refractivity contribution >= 4 is 5.78 Å². The molecule has 2 nitrogen and oxygen atoms in total. The lowest BCUT2D eigenvalue weighted by molar-refractivity contribution is 0.0653. The predicted octanol–water partition coefficient (Wildman–Crippen LogP) is 2.67. The van der Waals surface area contributed by atoms with Crippen LogP contribution in [0.15, 0.2) is 24.3 Å². The van der Waals surface area contributed by atoms with Gasteiger partial charge in [0.05, 0.1) is 5.41 Å². The van der Waals surface area contributed by atoms with Crippen LogP contribution in [0.4, 0.5) is 0 Å². The molecule has 3 unspecified atom stereocenters. The number of carbonyl (C=O) groups excluding carboxylic acids is 1. The van der Waals surface area contributed by atoms with Crippen molar-refractivity contribution in [1.82, 2.24) is 4.90 Å². The molecule has 1 spiro atoms. The smallest absolute Gasteiger partial charge is 0.170 e. The summed E-state index contributed by atoms with van der Waals surface area (Å²) in [5, 5.41) is 0. The molecule has 0 radical (unpaired) electrons. The molecule has 0 N–H and O–H groups in total. The van der Waals surface area contributed by atoms with Gasteiger partial charge in [-0.1, -0.05) is 24.3 Å². The second-order valence-corrected chi connectivity index (χ2v) is 6.17. The van der Waals surface area contributed by atoms with Gasteiger partial charge in [0.25, 0.3) is 0 Å². The van der Waals surface area contributed by atoms with Gasteiger partial charge in [-0.2, -0.15) is 0 Å². The molecule has 4 rings (SSSR count). The Morgan fingerprint density at radius 2 is 2.11 bits per heavy atom. The quantitative estimate of drug-likeness (QED) is 0.651. The van der Waals surface area contributed by atoms with E-state index < -0.39 is 0 Å². The van der Waals surface area contributed by atoms with Crippen LogP contribution >= 0.6 is 0 Å². The normalized spacial score (nSPS) is 41.4. The molecule has 2 heteroatoms. The zero-order valence-corrected chi connectivity index (χ0v) is 10.9. The number of hydrogen-bond acceptors (Lipinski definition) is 2. The molecule has 1 aromatic carbocycles. The topological polar surface area (TPSA) is 20.1 Å². The Hall–Kier alpha value is -1.15. The Morgan fingerprint density at radius 1 is 1.28 bits per heavy atom. The maximum Gasteiger partial charge on any atom is 0.170 e. The number of hydrogen-bond donors (Lipinski definition) is 0. The minimum absolute atomic E-state index is 0.0496. The van der Waals surface area contributed by atoms with Crippen LogP contribution in [0, 0.1) is 5.41 Å². The van der Waals surface area contributed by atoms with Crippen molar-refractivity contribution in [3.8, 4) is 0 Å². The molecule has 1 aromatic rings. The minimum atomic E-state index is -0.0496. The Kier molecular flexibility index (Phi) is 2.06. The van der Waals surface area contributed by atoms with Crippen molar-refractivity contribution in [3.63, 3.8) is 0 Å². The van der Waals surface area contributed by atoms with Crippen LogP contribution in [-0.2, 0) is 6.42 Å². The fraction of sp³-hybridized carbons (Fsp3) is 0.562. The van der Waals surface area contributed by atoms with E-state index in [-0.39, 0.29) is 5.41 Å². The molecule has 0 aromatic heterocycles. The van der Waals surface area contributed by atoms with Gasteiger partial charge >= 0.3 is 0 Å². The lowest BCUT2D eigenvalue weighted by Gasteiger charge is -2.39. The highest BCUT2D eigenvalue weighted by molar-refractivity contribution is 6.03. The number of benzene rings is 1. The third-order valence-electron chi connectivity index (χ3n) is 5.41. The third-order valence-corrected chi connectivity index (χ3v) is 5.41. The summed E-state index contributed by atoms with van der Waals surface area (Å²) in [6.07, 6.45) is 4.44.